The predicted molar refractivity (Wildman–Crippen MR) is 97.0 cm³/mol. The molecule has 2 aromatic carbocycles. The lowest BCUT2D eigenvalue weighted by atomic mass is 10.2. The Bertz CT molecular complexity index is 1050. The van der Waals surface area contributed by atoms with Crippen LogP contribution < -0.4 is 10.0 Å². The van der Waals surface area contributed by atoms with Crippen molar-refractivity contribution in [3.63, 3.8) is 0 Å². The van der Waals surface area contributed by atoms with Gasteiger partial charge in [-0.1, -0.05) is 17.7 Å². The quantitative estimate of drug-likeness (QED) is 0.574. The Balaban J connectivity index is 1.87. The average Bonchev–Trinajstić information content (AvgIpc) is 3.11. The summed E-state index contributed by atoms with van der Waals surface area (Å²) in [6, 6.07) is 11.2. The lowest BCUT2D eigenvalue weighted by Crippen LogP contribution is -2.15. The van der Waals surface area contributed by atoms with E-state index in [4.69, 9.17) is 16.0 Å². The van der Waals surface area contributed by atoms with Gasteiger partial charge in [0.05, 0.1) is 28.1 Å². The van der Waals surface area contributed by atoms with E-state index in [0.717, 1.165) is 6.07 Å². The first-order valence-corrected chi connectivity index (χ1v) is 9.16. The number of anilines is 2. The van der Waals surface area contributed by atoms with Crippen LogP contribution in [0.5, 0.6) is 5.75 Å². The van der Waals surface area contributed by atoms with Crippen molar-refractivity contribution in [2.45, 2.75) is 4.90 Å². The molecule has 0 aliphatic heterocycles. The fraction of sp³-hybridized carbons (Fsp3) is 0. The molecule has 134 valence electrons. The number of phenolic OH excluding ortho intramolecular Hbond substituents is 1. The van der Waals surface area contributed by atoms with Crippen molar-refractivity contribution in [1.82, 2.24) is 0 Å². The molecule has 7 nitrogen and oxygen atoms in total. The number of halogens is 1. The van der Waals surface area contributed by atoms with Gasteiger partial charge in [0, 0.05) is 5.02 Å². The van der Waals surface area contributed by atoms with Crippen molar-refractivity contribution in [2.75, 3.05) is 10.0 Å². The number of hydrogen-bond donors (Lipinski definition) is 3. The highest BCUT2D eigenvalue weighted by atomic mass is 35.5. The number of sulfonamides is 1. The second kappa shape index (κ2) is 7.11. The predicted octanol–water partition coefficient (Wildman–Crippen LogP) is 3.69. The van der Waals surface area contributed by atoms with Crippen molar-refractivity contribution in [1.29, 1.82) is 0 Å². The summed E-state index contributed by atoms with van der Waals surface area (Å²) in [7, 11) is -3.95. The van der Waals surface area contributed by atoms with Crippen LogP contribution >= 0.6 is 11.6 Å². The maximum atomic E-state index is 12.5. The minimum atomic E-state index is -3.95. The molecule has 1 aromatic heterocycles. The molecule has 0 radical (unpaired) electrons. The molecule has 0 spiro atoms. The first-order chi connectivity index (χ1) is 12.3. The maximum Gasteiger partial charge on any atom is 0.261 e. The molecule has 3 N–H and O–H groups in total. The van der Waals surface area contributed by atoms with Gasteiger partial charge in [-0.3, -0.25) is 9.52 Å². The Hall–Kier alpha value is -2.97. The molecule has 0 atom stereocenters. The molecule has 0 unspecified atom stereocenters. The summed E-state index contributed by atoms with van der Waals surface area (Å²) in [5.41, 5.74) is 0.467. The Morgan fingerprint density at radius 2 is 1.92 bits per heavy atom. The lowest BCUT2D eigenvalue weighted by molar-refractivity contribution is 0.102. The second-order valence-electron chi connectivity index (χ2n) is 5.26. The number of hydrogen-bond acceptors (Lipinski definition) is 5. The number of furan rings is 1. The Morgan fingerprint density at radius 3 is 2.62 bits per heavy atom. The molecule has 0 fully saturated rings. The molecule has 0 aliphatic rings. The van der Waals surface area contributed by atoms with Crippen molar-refractivity contribution < 1.29 is 22.7 Å². The number of phenols is 1. The highest BCUT2D eigenvalue weighted by Gasteiger charge is 2.18. The number of nitrogens with one attached hydrogen (secondary N) is 2. The number of carbonyl (C=O) groups is 1. The normalized spacial score (nSPS) is 11.1. The molecule has 1 amide bonds. The summed E-state index contributed by atoms with van der Waals surface area (Å²) >= 11 is 5.85. The number of rotatable bonds is 5. The van der Waals surface area contributed by atoms with E-state index in [9.17, 15) is 18.3 Å². The summed E-state index contributed by atoms with van der Waals surface area (Å²) in [6.07, 6.45) is 2.55. The molecular weight excluding hydrogens is 380 g/mol. The first-order valence-electron chi connectivity index (χ1n) is 7.30. The van der Waals surface area contributed by atoms with Gasteiger partial charge < -0.3 is 14.8 Å². The van der Waals surface area contributed by atoms with E-state index in [-0.39, 0.29) is 27.6 Å². The Morgan fingerprint density at radius 1 is 1.12 bits per heavy atom. The maximum absolute atomic E-state index is 12.5. The zero-order valence-corrected chi connectivity index (χ0v) is 14.7. The van der Waals surface area contributed by atoms with Crippen LogP contribution in [0, 0.1) is 0 Å². The van der Waals surface area contributed by atoms with Gasteiger partial charge >= 0.3 is 0 Å². The van der Waals surface area contributed by atoms with Crippen LogP contribution in [0.1, 0.15) is 10.4 Å². The van der Waals surface area contributed by atoms with Crippen LogP contribution in [-0.2, 0) is 10.0 Å². The van der Waals surface area contributed by atoms with Crippen molar-refractivity contribution in [2.24, 2.45) is 0 Å². The number of benzene rings is 2. The van der Waals surface area contributed by atoms with Gasteiger partial charge in [-0.25, -0.2) is 8.42 Å². The lowest BCUT2D eigenvalue weighted by Gasteiger charge is -2.11. The van der Waals surface area contributed by atoms with E-state index >= 15 is 0 Å². The van der Waals surface area contributed by atoms with Crippen LogP contribution in [-0.4, -0.2) is 19.4 Å². The van der Waals surface area contributed by atoms with Crippen LogP contribution in [0.2, 0.25) is 5.02 Å². The fourth-order valence-electron chi connectivity index (χ4n) is 2.14. The van der Waals surface area contributed by atoms with Crippen LogP contribution in [0.25, 0.3) is 0 Å². The third-order valence-corrected chi connectivity index (χ3v) is 5.00. The van der Waals surface area contributed by atoms with E-state index in [1.165, 1.54) is 36.8 Å². The standard InChI is InChI=1S/C17H13ClN2O5S/c18-12-2-1-3-13(8-12)20-26(23,24)14-4-5-16(21)15(9-14)19-17(22)11-6-7-25-10-11/h1-10,20-21H,(H,19,22). The smallest absolute Gasteiger partial charge is 0.261 e. The Kier molecular flexibility index (Phi) is 4.88. The molecule has 9 heteroatoms. The summed E-state index contributed by atoms with van der Waals surface area (Å²) in [4.78, 5) is 11.9. The zero-order chi connectivity index (χ0) is 18.7. The molecule has 0 saturated heterocycles. The van der Waals surface area contributed by atoms with Crippen molar-refractivity contribution >= 4 is 38.9 Å². The number of carbonyl (C=O) groups excluding carboxylic acids is 1. The van der Waals surface area contributed by atoms with Gasteiger partial charge in [0.25, 0.3) is 15.9 Å². The molecule has 3 rings (SSSR count). The summed E-state index contributed by atoms with van der Waals surface area (Å²) in [5.74, 6) is -0.824. The zero-order valence-electron chi connectivity index (χ0n) is 13.1. The van der Waals surface area contributed by atoms with Crippen molar-refractivity contribution in [3.05, 3.63) is 71.6 Å². The first kappa shape index (κ1) is 17.8. The van der Waals surface area contributed by atoms with E-state index in [2.05, 4.69) is 10.0 Å². The third kappa shape index (κ3) is 3.98. The number of amides is 1. The van der Waals surface area contributed by atoms with E-state index < -0.39 is 15.9 Å². The van der Waals surface area contributed by atoms with Gasteiger partial charge in [-0.15, -0.1) is 0 Å². The topological polar surface area (TPSA) is 109 Å². The minimum Gasteiger partial charge on any atom is -0.506 e. The van der Waals surface area contributed by atoms with Gasteiger partial charge in [-0.2, -0.15) is 0 Å². The molecule has 26 heavy (non-hydrogen) atoms. The molecule has 3 aromatic rings. The van der Waals surface area contributed by atoms with E-state index in [0.29, 0.717) is 5.02 Å². The Labute approximate surface area is 154 Å². The summed E-state index contributed by atoms with van der Waals surface area (Å²) in [6.45, 7) is 0. The molecule has 0 aliphatic carbocycles. The highest BCUT2D eigenvalue weighted by molar-refractivity contribution is 7.92. The SMILES string of the molecule is O=C(Nc1cc(S(=O)(=O)Nc2cccc(Cl)c2)ccc1O)c1ccoc1. The molecule has 1 heterocycles. The van der Waals surface area contributed by atoms with E-state index in [1.54, 1.807) is 18.2 Å². The van der Waals surface area contributed by atoms with Gasteiger partial charge in [0.1, 0.15) is 12.0 Å². The minimum absolute atomic E-state index is 0.0508. The molecule has 0 saturated carbocycles. The van der Waals surface area contributed by atoms with Crippen LogP contribution in [0.15, 0.2) is 70.4 Å². The van der Waals surface area contributed by atoms with Gasteiger partial charge in [0.15, 0.2) is 0 Å². The monoisotopic (exact) mass is 392 g/mol. The third-order valence-electron chi connectivity index (χ3n) is 3.39. The fourth-order valence-corrected chi connectivity index (χ4v) is 3.40. The largest absolute Gasteiger partial charge is 0.506 e. The van der Waals surface area contributed by atoms with Crippen molar-refractivity contribution in [3.8, 4) is 5.75 Å². The second-order valence-corrected chi connectivity index (χ2v) is 7.38. The molecule has 0 bridgehead atoms. The molecular formula is C17H13ClN2O5S. The van der Waals surface area contributed by atoms with Crippen LogP contribution in [0.4, 0.5) is 11.4 Å². The summed E-state index contributed by atoms with van der Waals surface area (Å²) in [5, 5.41) is 12.7. The van der Waals surface area contributed by atoms with Gasteiger partial charge in [0.2, 0.25) is 0 Å². The van der Waals surface area contributed by atoms with Crippen LogP contribution in [0.3, 0.4) is 0 Å². The summed E-state index contributed by atoms with van der Waals surface area (Å²) < 4.78 is 32.3. The van der Waals surface area contributed by atoms with E-state index in [1.807, 2.05) is 0 Å². The highest BCUT2D eigenvalue weighted by Crippen LogP contribution is 2.28. The number of aromatic hydroxyl groups is 1. The van der Waals surface area contributed by atoms with Gasteiger partial charge in [-0.05, 0) is 42.5 Å². The average molecular weight is 393 g/mol.